The van der Waals surface area contributed by atoms with E-state index in [1.165, 1.54) is 0 Å². The van der Waals surface area contributed by atoms with Gasteiger partial charge in [-0.15, -0.1) is 0 Å². The van der Waals surface area contributed by atoms with Gasteiger partial charge in [0.1, 0.15) is 12.1 Å². The van der Waals surface area contributed by atoms with E-state index in [0.29, 0.717) is 6.42 Å². The van der Waals surface area contributed by atoms with Crippen LogP contribution >= 0.6 is 0 Å². The molecular weight excluding hydrogens is 318 g/mol. The van der Waals surface area contributed by atoms with Crippen molar-refractivity contribution in [3.05, 3.63) is 35.4 Å². The third kappa shape index (κ3) is 3.01. The number of fused-ring (bicyclic) bond motifs is 2. The fraction of sp³-hybridized carbons (Fsp3) is 0.526. The normalized spacial score (nSPS) is 22.3. The third-order valence-corrected chi connectivity index (χ3v) is 5.30. The van der Waals surface area contributed by atoms with E-state index in [1.807, 2.05) is 38.1 Å². The molecule has 0 radical (unpaired) electrons. The highest BCUT2D eigenvalue weighted by Crippen LogP contribution is 2.39. The Hall–Kier alpha value is -2.37. The summed E-state index contributed by atoms with van der Waals surface area (Å²) >= 11 is 0. The minimum Gasteiger partial charge on any atom is -0.352 e. The van der Waals surface area contributed by atoms with Crippen molar-refractivity contribution in [2.45, 2.75) is 57.5 Å². The molecule has 1 fully saturated rings. The Bertz CT molecular complexity index is 699. The number of amides is 4. The number of urea groups is 1. The maximum Gasteiger partial charge on any atom is 0.325 e. The Morgan fingerprint density at radius 3 is 2.72 bits per heavy atom. The highest BCUT2D eigenvalue weighted by molar-refractivity contribution is 6.09. The number of hydrogen-bond acceptors (Lipinski definition) is 3. The van der Waals surface area contributed by atoms with Crippen LogP contribution in [0.15, 0.2) is 24.3 Å². The molecule has 3 rings (SSSR count). The van der Waals surface area contributed by atoms with Gasteiger partial charge in [-0.1, -0.05) is 38.1 Å². The number of carbonyl (C=O) groups excluding carboxylic acids is 3. The number of benzene rings is 1. The zero-order chi connectivity index (χ0) is 18.0. The van der Waals surface area contributed by atoms with Crippen molar-refractivity contribution < 1.29 is 14.4 Å². The Labute approximate surface area is 148 Å². The van der Waals surface area contributed by atoms with Gasteiger partial charge in [0.15, 0.2) is 0 Å². The van der Waals surface area contributed by atoms with Crippen molar-refractivity contribution >= 4 is 17.8 Å². The molecule has 1 atom stereocenters. The molecule has 1 aromatic rings. The fourth-order valence-corrected chi connectivity index (χ4v) is 3.86. The molecule has 0 bridgehead atoms. The predicted molar refractivity (Wildman–Crippen MR) is 93.8 cm³/mol. The average Bonchev–Trinajstić information content (AvgIpc) is 2.85. The Balaban J connectivity index is 1.81. The van der Waals surface area contributed by atoms with Gasteiger partial charge in [0.05, 0.1) is 0 Å². The lowest BCUT2D eigenvalue weighted by molar-refractivity contribution is -0.135. The highest BCUT2D eigenvalue weighted by atomic mass is 16.2. The number of nitrogens with zero attached hydrogens (tertiary/aromatic N) is 1. The largest absolute Gasteiger partial charge is 0.352 e. The van der Waals surface area contributed by atoms with E-state index in [4.69, 9.17) is 0 Å². The van der Waals surface area contributed by atoms with Gasteiger partial charge in [0.25, 0.3) is 5.91 Å². The number of aryl methyl sites for hydroxylation is 1. The van der Waals surface area contributed by atoms with Crippen molar-refractivity contribution in [3.8, 4) is 0 Å². The topological polar surface area (TPSA) is 78.5 Å². The van der Waals surface area contributed by atoms with E-state index < -0.39 is 11.6 Å². The first-order chi connectivity index (χ1) is 12.0. The molecular formula is C19H25N3O3. The standard InChI is InChI=1S/C19H25N3O3/c1-3-14(4-2)20-16(23)12-22-17(24)19(21-18(22)25)11-7-9-13-8-5-6-10-15(13)19/h5-6,8,10,14H,3-4,7,9,11-12H2,1-2H3,(H,20,23)(H,21,25)/t19-/m1/s1. The van der Waals surface area contributed by atoms with E-state index in [9.17, 15) is 14.4 Å². The third-order valence-electron chi connectivity index (χ3n) is 5.30. The van der Waals surface area contributed by atoms with E-state index in [1.54, 1.807) is 0 Å². The molecule has 1 aliphatic heterocycles. The van der Waals surface area contributed by atoms with Crippen LogP contribution in [0.4, 0.5) is 4.79 Å². The van der Waals surface area contributed by atoms with Crippen LogP contribution in [0.25, 0.3) is 0 Å². The van der Waals surface area contributed by atoms with Gasteiger partial charge in [0.2, 0.25) is 5.91 Å². The fourth-order valence-electron chi connectivity index (χ4n) is 3.86. The maximum atomic E-state index is 13.1. The van der Waals surface area contributed by atoms with Crippen LogP contribution in [0, 0.1) is 0 Å². The Morgan fingerprint density at radius 1 is 1.28 bits per heavy atom. The number of imide groups is 1. The van der Waals surface area contributed by atoms with Gasteiger partial charge in [-0.05, 0) is 43.2 Å². The van der Waals surface area contributed by atoms with Gasteiger partial charge in [0, 0.05) is 6.04 Å². The molecule has 6 heteroatoms. The summed E-state index contributed by atoms with van der Waals surface area (Å²) in [6.45, 7) is 3.76. The molecule has 2 aliphatic rings. The van der Waals surface area contributed by atoms with Crippen molar-refractivity contribution in [1.29, 1.82) is 0 Å². The maximum absolute atomic E-state index is 13.1. The zero-order valence-electron chi connectivity index (χ0n) is 14.8. The molecule has 134 valence electrons. The second-order valence-corrected chi connectivity index (χ2v) is 6.82. The van der Waals surface area contributed by atoms with Gasteiger partial charge < -0.3 is 10.6 Å². The van der Waals surface area contributed by atoms with E-state index in [2.05, 4.69) is 10.6 Å². The molecule has 1 saturated heterocycles. The molecule has 4 amide bonds. The summed E-state index contributed by atoms with van der Waals surface area (Å²) in [5.74, 6) is -0.609. The van der Waals surface area contributed by atoms with Crippen LogP contribution in [0.1, 0.15) is 50.7 Å². The molecule has 1 spiro atoms. The minimum atomic E-state index is -1.01. The zero-order valence-corrected chi connectivity index (χ0v) is 14.8. The molecule has 1 aliphatic carbocycles. The average molecular weight is 343 g/mol. The first kappa shape index (κ1) is 17.5. The van der Waals surface area contributed by atoms with Crippen LogP contribution < -0.4 is 10.6 Å². The monoisotopic (exact) mass is 343 g/mol. The predicted octanol–water partition coefficient (Wildman–Crippen LogP) is 2.07. The van der Waals surface area contributed by atoms with Crippen molar-refractivity contribution in [2.75, 3.05) is 6.54 Å². The number of hydrogen-bond donors (Lipinski definition) is 2. The van der Waals surface area contributed by atoms with Gasteiger partial charge in [-0.2, -0.15) is 0 Å². The molecule has 1 aromatic carbocycles. The van der Waals surface area contributed by atoms with Crippen LogP contribution in [0.2, 0.25) is 0 Å². The lowest BCUT2D eigenvalue weighted by Crippen LogP contribution is -2.47. The van der Waals surface area contributed by atoms with E-state index >= 15 is 0 Å². The Morgan fingerprint density at radius 2 is 2.00 bits per heavy atom. The van der Waals surface area contributed by atoms with Crippen LogP contribution in [0.3, 0.4) is 0 Å². The highest BCUT2D eigenvalue weighted by Gasteiger charge is 2.54. The van der Waals surface area contributed by atoms with Crippen molar-refractivity contribution in [2.24, 2.45) is 0 Å². The number of nitrogens with one attached hydrogen (secondary N) is 2. The summed E-state index contributed by atoms with van der Waals surface area (Å²) in [5, 5.41) is 5.75. The first-order valence-electron chi connectivity index (χ1n) is 9.03. The lowest BCUT2D eigenvalue weighted by Gasteiger charge is -2.33. The van der Waals surface area contributed by atoms with Gasteiger partial charge in [-0.25, -0.2) is 4.79 Å². The van der Waals surface area contributed by atoms with Crippen LogP contribution in [0.5, 0.6) is 0 Å². The molecule has 2 N–H and O–H groups in total. The Kier molecular flexibility index (Phi) is 4.79. The van der Waals surface area contributed by atoms with Gasteiger partial charge >= 0.3 is 6.03 Å². The van der Waals surface area contributed by atoms with Crippen LogP contribution in [-0.4, -0.2) is 35.3 Å². The van der Waals surface area contributed by atoms with Crippen molar-refractivity contribution in [3.63, 3.8) is 0 Å². The summed E-state index contributed by atoms with van der Waals surface area (Å²) in [5.41, 5.74) is 0.939. The SMILES string of the molecule is CCC(CC)NC(=O)CN1C(=O)N[C@@]2(CCCc3ccccc32)C1=O. The van der Waals surface area contributed by atoms with Crippen molar-refractivity contribution in [1.82, 2.24) is 15.5 Å². The minimum absolute atomic E-state index is 0.0673. The molecule has 6 nitrogen and oxygen atoms in total. The lowest BCUT2D eigenvalue weighted by atomic mass is 9.76. The van der Waals surface area contributed by atoms with Crippen LogP contribution in [-0.2, 0) is 21.5 Å². The summed E-state index contributed by atoms with van der Waals surface area (Å²) in [6, 6.07) is 7.31. The molecule has 1 heterocycles. The molecule has 0 saturated carbocycles. The summed E-state index contributed by atoms with van der Waals surface area (Å²) in [7, 11) is 0. The quantitative estimate of drug-likeness (QED) is 0.804. The second kappa shape index (κ2) is 6.86. The van der Waals surface area contributed by atoms with E-state index in [0.717, 1.165) is 41.7 Å². The second-order valence-electron chi connectivity index (χ2n) is 6.82. The smallest absolute Gasteiger partial charge is 0.325 e. The molecule has 0 aromatic heterocycles. The number of carbonyl (C=O) groups is 3. The first-order valence-corrected chi connectivity index (χ1v) is 9.03. The summed E-state index contributed by atoms with van der Waals surface area (Å²) in [6.07, 6.45) is 3.94. The molecule has 0 unspecified atom stereocenters. The molecule has 25 heavy (non-hydrogen) atoms. The van der Waals surface area contributed by atoms with E-state index in [-0.39, 0.29) is 24.4 Å². The summed E-state index contributed by atoms with van der Waals surface area (Å²) in [4.78, 5) is 38.8. The number of rotatable bonds is 5. The van der Waals surface area contributed by atoms with Gasteiger partial charge in [-0.3, -0.25) is 14.5 Å². The summed E-state index contributed by atoms with van der Waals surface area (Å²) < 4.78 is 0.